The fourth-order valence-electron chi connectivity index (χ4n) is 1.87. The van der Waals surface area contributed by atoms with Gasteiger partial charge in [-0.15, -0.1) is 11.3 Å². The van der Waals surface area contributed by atoms with Crippen LogP contribution in [0.5, 0.6) is 5.75 Å². The van der Waals surface area contributed by atoms with Crippen LogP contribution in [0.1, 0.15) is 22.2 Å². The number of hydrogen-bond acceptors (Lipinski definition) is 4. The standard InChI is InChI=1S/C13H15FN2OS/c1-8-7-18-13(16-8)11(6-15)10-5-9(14)3-4-12(10)17-2/h3-5,7,11H,6,15H2,1-2H3. The quantitative estimate of drug-likeness (QED) is 0.925. The zero-order valence-electron chi connectivity index (χ0n) is 10.3. The molecule has 2 N–H and O–H groups in total. The van der Waals surface area contributed by atoms with Crippen LogP contribution in [0.3, 0.4) is 0 Å². The van der Waals surface area contributed by atoms with Crippen molar-refractivity contribution in [1.29, 1.82) is 0 Å². The summed E-state index contributed by atoms with van der Waals surface area (Å²) in [5.74, 6) is 0.214. The lowest BCUT2D eigenvalue weighted by Crippen LogP contribution is -2.15. The zero-order chi connectivity index (χ0) is 13.1. The SMILES string of the molecule is COc1ccc(F)cc1C(CN)c1nc(C)cs1. The highest BCUT2D eigenvalue weighted by atomic mass is 32.1. The van der Waals surface area contributed by atoms with Crippen LogP contribution in [0.4, 0.5) is 4.39 Å². The number of nitrogens with zero attached hydrogens (tertiary/aromatic N) is 1. The van der Waals surface area contributed by atoms with Crippen LogP contribution in [0.15, 0.2) is 23.6 Å². The summed E-state index contributed by atoms with van der Waals surface area (Å²) in [6, 6.07) is 4.46. The van der Waals surface area contributed by atoms with Crippen molar-refractivity contribution in [3.8, 4) is 5.75 Å². The number of nitrogens with two attached hydrogens (primary N) is 1. The van der Waals surface area contributed by atoms with Crippen molar-refractivity contribution in [2.24, 2.45) is 5.73 Å². The molecule has 18 heavy (non-hydrogen) atoms. The van der Waals surface area contributed by atoms with Crippen LogP contribution >= 0.6 is 11.3 Å². The molecule has 2 aromatic rings. The van der Waals surface area contributed by atoms with Gasteiger partial charge in [-0.2, -0.15) is 0 Å². The summed E-state index contributed by atoms with van der Waals surface area (Å²) >= 11 is 1.53. The lowest BCUT2D eigenvalue weighted by Gasteiger charge is -2.16. The van der Waals surface area contributed by atoms with E-state index in [4.69, 9.17) is 10.5 Å². The Morgan fingerprint density at radius 1 is 1.50 bits per heavy atom. The van der Waals surface area contributed by atoms with E-state index in [1.807, 2.05) is 12.3 Å². The molecule has 1 heterocycles. The molecule has 1 aromatic carbocycles. The van der Waals surface area contributed by atoms with E-state index in [-0.39, 0.29) is 11.7 Å². The minimum absolute atomic E-state index is 0.130. The first-order valence-electron chi connectivity index (χ1n) is 5.61. The predicted molar refractivity (Wildman–Crippen MR) is 70.7 cm³/mol. The van der Waals surface area contributed by atoms with Gasteiger partial charge in [0, 0.05) is 23.2 Å². The van der Waals surface area contributed by atoms with Gasteiger partial charge in [0.25, 0.3) is 0 Å². The average molecular weight is 266 g/mol. The van der Waals surface area contributed by atoms with Gasteiger partial charge in [-0.1, -0.05) is 0 Å². The maximum absolute atomic E-state index is 13.4. The first-order valence-corrected chi connectivity index (χ1v) is 6.49. The fraction of sp³-hybridized carbons (Fsp3) is 0.308. The molecule has 0 saturated carbocycles. The van der Waals surface area contributed by atoms with Gasteiger partial charge in [-0.05, 0) is 25.1 Å². The Morgan fingerprint density at radius 2 is 2.28 bits per heavy atom. The maximum Gasteiger partial charge on any atom is 0.123 e. The number of ether oxygens (including phenoxy) is 1. The van der Waals surface area contributed by atoms with Gasteiger partial charge in [-0.3, -0.25) is 0 Å². The number of aromatic nitrogens is 1. The number of rotatable bonds is 4. The third kappa shape index (κ3) is 2.52. The monoisotopic (exact) mass is 266 g/mol. The molecule has 0 radical (unpaired) electrons. The fourth-order valence-corrected chi connectivity index (χ4v) is 2.80. The minimum atomic E-state index is -0.294. The Balaban J connectivity index is 2.47. The summed E-state index contributed by atoms with van der Waals surface area (Å²) < 4.78 is 18.7. The van der Waals surface area contributed by atoms with Crippen molar-refractivity contribution >= 4 is 11.3 Å². The Labute approximate surface area is 109 Å². The molecule has 0 saturated heterocycles. The first kappa shape index (κ1) is 13.0. The number of hydrogen-bond donors (Lipinski definition) is 1. The Bertz CT molecular complexity index is 542. The summed E-state index contributed by atoms with van der Waals surface area (Å²) in [7, 11) is 1.57. The van der Waals surface area contributed by atoms with Crippen LogP contribution in [0.25, 0.3) is 0 Å². The average Bonchev–Trinajstić information content (AvgIpc) is 2.77. The van der Waals surface area contributed by atoms with Crippen molar-refractivity contribution in [3.05, 3.63) is 45.7 Å². The topological polar surface area (TPSA) is 48.1 Å². The molecule has 2 rings (SSSR count). The summed E-state index contributed by atoms with van der Waals surface area (Å²) in [6.45, 7) is 2.29. The smallest absolute Gasteiger partial charge is 0.123 e. The van der Waals surface area contributed by atoms with Gasteiger partial charge in [-0.25, -0.2) is 9.37 Å². The third-order valence-corrected chi connectivity index (χ3v) is 3.81. The molecular formula is C13H15FN2OS. The third-order valence-electron chi connectivity index (χ3n) is 2.74. The van der Waals surface area contributed by atoms with E-state index in [1.165, 1.54) is 23.5 Å². The number of halogens is 1. The number of benzene rings is 1. The molecule has 96 valence electrons. The Kier molecular flexibility index (Phi) is 3.93. The largest absolute Gasteiger partial charge is 0.496 e. The van der Waals surface area contributed by atoms with Crippen molar-refractivity contribution in [2.75, 3.05) is 13.7 Å². The molecule has 3 nitrogen and oxygen atoms in total. The molecule has 0 aliphatic carbocycles. The second kappa shape index (κ2) is 5.46. The molecule has 0 aliphatic rings. The van der Waals surface area contributed by atoms with Crippen LogP contribution in [0, 0.1) is 12.7 Å². The van der Waals surface area contributed by atoms with E-state index in [9.17, 15) is 4.39 Å². The lowest BCUT2D eigenvalue weighted by atomic mass is 9.98. The first-order chi connectivity index (χ1) is 8.65. The molecule has 0 bridgehead atoms. The second-order valence-electron chi connectivity index (χ2n) is 4.00. The molecule has 1 atom stereocenters. The Hall–Kier alpha value is -1.46. The van der Waals surface area contributed by atoms with Crippen molar-refractivity contribution in [3.63, 3.8) is 0 Å². The van der Waals surface area contributed by atoms with Gasteiger partial charge in [0.1, 0.15) is 16.6 Å². The van der Waals surface area contributed by atoms with Gasteiger partial charge in [0.2, 0.25) is 0 Å². The zero-order valence-corrected chi connectivity index (χ0v) is 11.1. The van der Waals surface area contributed by atoms with Gasteiger partial charge < -0.3 is 10.5 Å². The molecule has 0 spiro atoms. The maximum atomic E-state index is 13.4. The Morgan fingerprint density at radius 3 is 2.83 bits per heavy atom. The predicted octanol–water partition coefficient (Wildman–Crippen LogP) is 2.69. The van der Waals surface area contributed by atoms with Gasteiger partial charge in [0.15, 0.2) is 0 Å². The highest BCUT2D eigenvalue weighted by Gasteiger charge is 2.20. The van der Waals surface area contributed by atoms with E-state index < -0.39 is 0 Å². The van der Waals surface area contributed by atoms with Crippen molar-refractivity contribution < 1.29 is 9.13 Å². The summed E-state index contributed by atoms with van der Waals surface area (Å²) in [5.41, 5.74) is 7.50. The summed E-state index contributed by atoms with van der Waals surface area (Å²) in [6.07, 6.45) is 0. The number of aryl methyl sites for hydroxylation is 1. The van der Waals surface area contributed by atoms with Crippen LogP contribution in [0.2, 0.25) is 0 Å². The van der Waals surface area contributed by atoms with E-state index in [0.717, 1.165) is 16.3 Å². The van der Waals surface area contributed by atoms with Gasteiger partial charge in [0.05, 0.1) is 13.0 Å². The molecule has 1 aromatic heterocycles. The minimum Gasteiger partial charge on any atom is -0.496 e. The molecular weight excluding hydrogens is 251 g/mol. The van der Waals surface area contributed by atoms with Crippen LogP contribution in [-0.2, 0) is 0 Å². The van der Waals surface area contributed by atoms with E-state index in [0.29, 0.717) is 12.3 Å². The van der Waals surface area contributed by atoms with E-state index in [1.54, 1.807) is 13.2 Å². The van der Waals surface area contributed by atoms with Crippen LogP contribution in [-0.4, -0.2) is 18.6 Å². The van der Waals surface area contributed by atoms with Crippen molar-refractivity contribution in [2.45, 2.75) is 12.8 Å². The van der Waals surface area contributed by atoms with Crippen LogP contribution < -0.4 is 10.5 Å². The molecule has 5 heteroatoms. The number of thiazole rings is 1. The highest BCUT2D eigenvalue weighted by molar-refractivity contribution is 7.09. The number of methoxy groups -OCH3 is 1. The molecule has 0 fully saturated rings. The lowest BCUT2D eigenvalue weighted by molar-refractivity contribution is 0.406. The normalized spacial score (nSPS) is 12.4. The van der Waals surface area contributed by atoms with Gasteiger partial charge >= 0.3 is 0 Å². The van der Waals surface area contributed by atoms with E-state index >= 15 is 0 Å². The molecule has 0 aliphatic heterocycles. The summed E-state index contributed by atoms with van der Waals surface area (Å²) in [5, 5.41) is 2.85. The highest BCUT2D eigenvalue weighted by Crippen LogP contribution is 2.33. The second-order valence-corrected chi connectivity index (χ2v) is 4.89. The van der Waals surface area contributed by atoms with E-state index in [2.05, 4.69) is 4.98 Å². The molecule has 1 unspecified atom stereocenters. The summed E-state index contributed by atoms with van der Waals surface area (Å²) in [4.78, 5) is 4.42. The molecule has 0 amide bonds. The van der Waals surface area contributed by atoms with Crippen molar-refractivity contribution in [1.82, 2.24) is 4.98 Å².